The van der Waals surface area contributed by atoms with Crippen molar-refractivity contribution in [3.63, 3.8) is 0 Å². The van der Waals surface area contributed by atoms with Crippen molar-refractivity contribution in [1.29, 1.82) is 0 Å². The number of nitrogens with zero attached hydrogens (tertiary/aromatic N) is 4. The molecule has 1 aromatic carbocycles. The number of nitrogens with two attached hydrogens (primary N) is 1. The second-order valence-corrected chi connectivity index (χ2v) is 9.11. The molecule has 0 aliphatic carbocycles. The first kappa shape index (κ1) is 23.8. The number of hydrogen-bond donors (Lipinski definition) is 2. The van der Waals surface area contributed by atoms with Gasteiger partial charge < -0.3 is 15.5 Å². The molecule has 1 amide bonds. The maximum atomic E-state index is 13.0. The Morgan fingerprint density at radius 3 is 2.39 bits per heavy atom. The molecule has 1 atom stereocenters. The van der Waals surface area contributed by atoms with E-state index < -0.39 is 28.7 Å². The monoisotopic (exact) mass is 452 g/mol. The number of nitrogens with one attached hydrogen (secondary N) is 1. The predicted molar refractivity (Wildman–Crippen MR) is 122 cm³/mol. The smallest absolute Gasteiger partial charge is 0.286 e. The van der Waals surface area contributed by atoms with E-state index in [1.54, 1.807) is 38.1 Å². The molecule has 2 aromatic heterocycles. The molecule has 0 aliphatic rings. The molecule has 174 valence electrons. The Morgan fingerprint density at radius 1 is 1.15 bits per heavy atom. The van der Waals surface area contributed by atoms with Crippen LogP contribution < -0.4 is 16.6 Å². The zero-order valence-electron chi connectivity index (χ0n) is 19.3. The highest BCUT2D eigenvalue weighted by Gasteiger charge is 2.31. The third-order valence-corrected chi connectivity index (χ3v) is 4.95. The summed E-state index contributed by atoms with van der Waals surface area (Å²) in [5.74, 6) is -0.872. The SMILES string of the molecule is CC(C)[C@@H](NC(=O)Cn1c(-c2ccccc2)ncc(N)c1=O)C(=O)c1nnc(C(C)(C)C)o1. The molecule has 0 saturated heterocycles. The Hall–Kier alpha value is -3.82. The summed E-state index contributed by atoms with van der Waals surface area (Å²) in [5, 5.41) is 10.5. The summed E-state index contributed by atoms with van der Waals surface area (Å²) in [5.41, 5.74) is 5.35. The number of carbonyl (C=O) groups is 2. The Kier molecular flexibility index (Phi) is 6.75. The van der Waals surface area contributed by atoms with E-state index >= 15 is 0 Å². The van der Waals surface area contributed by atoms with Gasteiger partial charge in [0, 0.05) is 11.0 Å². The fraction of sp³-hybridized carbons (Fsp3) is 0.391. The van der Waals surface area contributed by atoms with Gasteiger partial charge in [0.15, 0.2) is 0 Å². The number of anilines is 1. The van der Waals surface area contributed by atoms with Crippen molar-refractivity contribution in [2.45, 2.75) is 52.6 Å². The summed E-state index contributed by atoms with van der Waals surface area (Å²) in [6.07, 6.45) is 1.27. The average molecular weight is 453 g/mol. The van der Waals surface area contributed by atoms with Crippen LogP contribution in [0, 0.1) is 5.92 Å². The molecular weight excluding hydrogens is 424 g/mol. The summed E-state index contributed by atoms with van der Waals surface area (Å²) in [7, 11) is 0. The third-order valence-electron chi connectivity index (χ3n) is 4.95. The predicted octanol–water partition coefficient (Wildman–Crippen LogP) is 2.20. The number of carbonyl (C=O) groups excluding carboxylic acids is 2. The molecule has 3 rings (SSSR count). The maximum Gasteiger partial charge on any atom is 0.286 e. The van der Waals surface area contributed by atoms with Crippen LogP contribution in [-0.2, 0) is 16.8 Å². The van der Waals surface area contributed by atoms with E-state index in [2.05, 4.69) is 20.5 Å². The number of Topliss-reactive ketones (excluding diaryl/α,β-unsaturated/α-hetero) is 1. The number of ketones is 1. The zero-order valence-corrected chi connectivity index (χ0v) is 19.3. The van der Waals surface area contributed by atoms with Crippen LogP contribution in [0.1, 0.15) is 51.2 Å². The van der Waals surface area contributed by atoms with Gasteiger partial charge in [0.1, 0.15) is 18.1 Å². The van der Waals surface area contributed by atoms with Crippen LogP contribution in [0.3, 0.4) is 0 Å². The van der Waals surface area contributed by atoms with Crippen LogP contribution in [0.2, 0.25) is 0 Å². The molecule has 2 heterocycles. The van der Waals surface area contributed by atoms with Crippen LogP contribution in [-0.4, -0.2) is 37.5 Å². The van der Waals surface area contributed by atoms with Crippen LogP contribution in [0.25, 0.3) is 11.4 Å². The Labute approximate surface area is 191 Å². The van der Waals surface area contributed by atoms with E-state index in [-0.39, 0.29) is 24.0 Å². The first-order chi connectivity index (χ1) is 15.5. The van der Waals surface area contributed by atoms with Gasteiger partial charge in [-0.15, -0.1) is 10.2 Å². The largest absolute Gasteiger partial charge is 0.418 e. The van der Waals surface area contributed by atoms with Crippen LogP contribution in [0.4, 0.5) is 5.69 Å². The normalized spacial score (nSPS) is 12.5. The van der Waals surface area contributed by atoms with Gasteiger partial charge in [0.05, 0.1) is 12.2 Å². The number of nitrogen functional groups attached to an aromatic ring is 1. The minimum absolute atomic E-state index is 0.0838. The molecule has 3 aromatic rings. The first-order valence-electron chi connectivity index (χ1n) is 10.6. The lowest BCUT2D eigenvalue weighted by molar-refractivity contribution is -0.122. The van der Waals surface area contributed by atoms with Crippen molar-refractivity contribution < 1.29 is 14.0 Å². The minimum Gasteiger partial charge on any atom is -0.418 e. The molecule has 0 saturated carbocycles. The van der Waals surface area contributed by atoms with Gasteiger partial charge in [-0.3, -0.25) is 19.0 Å². The Bertz CT molecular complexity index is 1210. The zero-order chi connectivity index (χ0) is 24.3. The lowest BCUT2D eigenvalue weighted by Gasteiger charge is -2.20. The molecular formula is C23H28N6O4. The lowest BCUT2D eigenvalue weighted by atomic mass is 9.97. The van der Waals surface area contributed by atoms with Gasteiger partial charge in [-0.05, 0) is 5.92 Å². The molecule has 3 N–H and O–H groups in total. The standard InChI is InChI=1S/C23H28N6O4/c1-13(2)17(18(31)20-27-28-22(33-20)23(3,4)5)26-16(30)12-29-19(14-9-7-6-8-10-14)25-11-15(24)21(29)32/h6-11,13,17H,12,24H2,1-5H3,(H,26,30)/t17-/m1/s1. The summed E-state index contributed by atoms with van der Waals surface area (Å²) in [6.45, 7) is 8.87. The summed E-state index contributed by atoms with van der Waals surface area (Å²) >= 11 is 0. The highest BCUT2D eigenvalue weighted by molar-refractivity contribution is 5.98. The van der Waals surface area contributed by atoms with Crippen molar-refractivity contribution in [2.24, 2.45) is 5.92 Å². The fourth-order valence-corrected chi connectivity index (χ4v) is 3.13. The van der Waals surface area contributed by atoms with Crippen LogP contribution >= 0.6 is 0 Å². The van der Waals surface area contributed by atoms with E-state index in [1.807, 2.05) is 26.8 Å². The molecule has 0 unspecified atom stereocenters. The number of hydrogen-bond acceptors (Lipinski definition) is 8. The van der Waals surface area contributed by atoms with Crippen molar-refractivity contribution in [3.8, 4) is 11.4 Å². The number of aromatic nitrogens is 4. The van der Waals surface area contributed by atoms with Crippen LogP contribution in [0.15, 0.2) is 45.7 Å². The number of amides is 1. The maximum absolute atomic E-state index is 13.0. The first-order valence-corrected chi connectivity index (χ1v) is 10.6. The highest BCUT2D eigenvalue weighted by Crippen LogP contribution is 2.21. The van der Waals surface area contributed by atoms with Gasteiger partial charge in [-0.25, -0.2) is 4.98 Å². The Balaban J connectivity index is 1.86. The van der Waals surface area contributed by atoms with Gasteiger partial charge in [0.2, 0.25) is 17.6 Å². The molecule has 0 aliphatic heterocycles. The van der Waals surface area contributed by atoms with Gasteiger partial charge in [0.25, 0.3) is 11.4 Å². The second kappa shape index (κ2) is 9.35. The van der Waals surface area contributed by atoms with Crippen molar-refractivity contribution in [3.05, 3.63) is 58.7 Å². The fourth-order valence-electron chi connectivity index (χ4n) is 3.13. The van der Waals surface area contributed by atoms with Crippen molar-refractivity contribution in [2.75, 3.05) is 5.73 Å². The van der Waals surface area contributed by atoms with Crippen LogP contribution in [0.5, 0.6) is 0 Å². The second-order valence-electron chi connectivity index (χ2n) is 9.11. The lowest BCUT2D eigenvalue weighted by Crippen LogP contribution is -2.46. The van der Waals surface area contributed by atoms with E-state index in [1.165, 1.54) is 10.8 Å². The summed E-state index contributed by atoms with van der Waals surface area (Å²) in [6, 6.07) is 8.05. The van der Waals surface area contributed by atoms with E-state index in [4.69, 9.17) is 10.2 Å². The van der Waals surface area contributed by atoms with Crippen molar-refractivity contribution >= 4 is 17.4 Å². The molecule has 0 fully saturated rings. The molecule has 0 spiro atoms. The van der Waals surface area contributed by atoms with Gasteiger partial charge in [-0.1, -0.05) is 65.0 Å². The van der Waals surface area contributed by atoms with E-state index in [9.17, 15) is 14.4 Å². The summed E-state index contributed by atoms with van der Waals surface area (Å²) in [4.78, 5) is 42.9. The average Bonchev–Trinajstić information content (AvgIpc) is 3.26. The van der Waals surface area contributed by atoms with Gasteiger partial charge in [-0.2, -0.15) is 0 Å². The molecule has 10 heteroatoms. The minimum atomic E-state index is -0.921. The summed E-state index contributed by atoms with van der Waals surface area (Å²) < 4.78 is 6.73. The molecule has 10 nitrogen and oxygen atoms in total. The topological polar surface area (TPSA) is 146 Å². The highest BCUT2D eigenvalue weighted by atomic mass is 16.4. The Morgan fingerprint density at radius 2 is 1.82 bits per heavy atom. The third kappa shape index (κ3) is 5.33. The molecule has 0 bridgehead atoms. The molecule has 33 heavy (non-hydrogen) atoms. The quantitative estimate of drug-likeness (QED) is 0.519. The number of rotatable bonds is 7. The van der Waals surface area contributed by atoms with Crippen molar-refractivity contribution in [1.82, 2.24) is 25.1 Å². The van der Waals surface area contributed by atoms with Gasteiger partial charge >= 0.3 is 0 Å². The van der Waals surface area contributed by atoms with E-state index in [0.29, 0.717) is 17.3 Å². The van der Waals surface area contributed by atoms with E-state index in [0.717, 1.165) is 0 Å². The molecule has 0 radical (unpaired) electrons. The number of benzene rings is 1.